The third kappa shape index (κ3) is 3.45. The number of carbonyl (C=O) groups is 1. The fourth-order valence-corrected chi connectivity index (χ4v) is 3.38. The van der Waals surface area contributed by atoms with E-state index in [2.05, 4.69) is 10.4 Å². The van der Waals surface area contributed by atoms with Crippen LogP contribution in [-0.2, 0) is 0 Å². The summed E-state index contributed by atoms with van der Waals surface area (Å²) in [6.07, 6.45) is 8.09. The zero-order chi connectivity index (χ0) is 16.4. The van der Waals surface area contributed by atoms with Crippen molar-refractivity contribution in [3.8, 4) is 5.75 Å². The van der Waals surface area contributed by atoms with Crippen molar-refractivity contribution in [3.63, 3.8) is 0 Å². The number of carbonyl (C=O) groups excluding carboxylic acids is 1. The molecule has 1 aromatic heterocycles. The highest BCUT2D eigenvalue weighted by molar-refractivity contribution is 5.92. The number of para-hydroxylation sites is 1. The molecule has 0 unspecified atom stereocenters. The van der Waals surface area contributed by atoms with Gasteiger partial charge in [0.15, 0.2) is 0 Å². The lowest BCUT2D eigenvalue weighted by Gasteiger charge is -2.29. The summed E-state index contributed by atoms with van der Waals surface area (Å²) in [7, 11) is 0. The van der Waals surface area contributed by atoms with Gasteiger partial charge in [-0.05, 0) is 56.7 Å². The van der Waals surface area contributed by atoms with Crippen LogP contribution >= 0.6 is 0 Å². The number of amides is 1. The zero-order valence-corrected chi connectivity index (χ0v) is 13.7. The molecule has 0 bridgehead atoms. The van der Waals surface area contributed by atoms with Crippen molar-refractivity contribution in [2.24, 2.45) is 0 Å². The fourth-order valence-electron chi connectivity index (χ4n) is 3.38. The van der Waals surface area contributed by atoms with Gasteiger partial charge in [0.1, 0.15) is 11.4 Å². The smallest absolute Gasteiger partial charge is 0.269 e. The topological polar surface area (TPSA) is 56.1 Å². The van der Waals surface area contributed by atoms with Crippen molar-refractivity contribution >= 4 is 5.91 Å². The van der Waals surface area contributed by atoms with Crippen molar-refractivity contribution in [1.29, 1.82) is 0 Å². The molecule has 1 aromatic carbocycles. The lowest BCUT2D eigenvalue weighted by Crippen LogP contribution is -2.40. The highest BCUT2D eigenvalue weighted by Crippen LogP contribution is 2.35. The summed E-state index contributed by atoms with van der Waals surface area (Å²) in [6, 6.07) is 12.4. The van der Waals surface area contributed by atoms with E-state index in [1.165, 1.54) is 0 Å². The molecule has 2 aliphatic rings. The molecule has 24 heavy (non-hydrogen) atoms. The summed E-state index contributed by atoms with van der Waals surface area (Å²) in [5.41, 5.74) is 0.695. The molecule has 5 heteroatoms. The van der Waals surface area contributed by atoms with Crippen molar-refractivity contribution in [1.82, 2.24) is 15.1 Å². The molecule has 2 fully saturated rings. The number of hydrogen-bond donors (Lipinski definition) is 1. The quantitative estimate of drug-likeness (QED) is 0.917. The molecule has 0 aliphatic heterocycles. The molecule has 5 nitrogen and oxygen atoms in total. The van der Waals surface area contributed by atoms with E-state index in [0.717, 1.165) is 44.3 Å². The molecular weight excluding hydrogens is 302 g/mol. The minimum Gasteiger partial charge on any atom is -0.490 e. The Morgan fingerprint density at radius 1 is 1.04 bits per heavy atom. The van der Waals surface area contributed by atoms with E-state index < -0.39 is 0 Å². The lowest BCUT2D eigenvalue weighted by molar-refractivity contribution is 0.0883. The van der Waals surface area contributed by atoms with Gasteiger partial charge in [-0.15, -0.1) is 0 Å². The van der Waals surface area contributed by atoms with Gasteiger partial charge in [0.05, 0.1) is 12.1 Å². The summed E-state index contributed by atoms with van der Waals surface area (Å²) in [5.74, 6) is 0.935. The predicted molar refractivity (Wildman–Crippen MR) is 91.1 cm³/mol. The van der Waals surface area contributed by atoms with Crippen LogP contribution in [0, 0.1) is 0 Å². The molecule has 1 N–H and O–H groups in total. The van der Waals surface area contributed by atoms with E-state index in [9.17, 15) is 4.79 Å². The van der Waals surface area contributed by atoms with E-state index in [1.54, 1.807) is 6.20 Å². The molecule has 0 atom stereocenters. The van der Waals surface area contributed by atoms with Gasteiger partial charge in [-0.2, -0.15) is 5.10 Å². The first kappa shape index (κ1) is 15.2. The second kappa shape index (κ2) is 6.67. The SMILES string of the molecule is O=C(NC1CCC(Oc2ccccc2)CC1)c1ccnn1C1CC1. The maximum atomic E-state index is 12.5. The Labute approximate surface area is 142 Å². The standard InChI is InChI=1S/C19H23N3O2/c23-19(18-12-13-20-22(18)15-8-9-15)21-14-6-10-17(11-7-14)24-16-4-2-1-3-5-16/h1-5,12-15,17H,6-11H2,(H,21,23). The number of aromatic nitrogens is 2. The highest BCUT2D eigenvalue weighted by atomic mass is 16.5. The van der Waals surface area contributed by atoms with Crippen molar-refractivity contribution in [2.45, 2.75) is 56.7 Å². The minimum atomic E-state index is 0.00632. The number of hydrogen-bond acceptors (Lipinski definition) is 3. The van der Waals surface area contributed by atoms with Crippen LogP contribution < -0.4 is 10.1 Å². The summed E-state index contributed by atoms with van der Waals surface area (Å²) in [4.78, 5) is 12.5. The number of nitrogens with one attached hydrogen (secondary N) is 1. The van der Waals surface area contributed by atoms with Crippen molar-refractivity contribution in [2.75, 3.05) is 0 Å². The second-order valence-corrected chi connectivity index (χ2v) is 6.77. The van der Waals surface area contributed by atoms with Crippen LogP contribution in [0.25, 0.3) is 0 Å². The van der Waals surface area contributed by atoms with Crippen LogP contribution in [-0.4, -0.2) is 27.8 Å². The van der Waals surface area contributed by atoms with Gasteiger partial charge < -0.3 is 10.1 Å². The van der Waals surface area contributed by atoms with Gasteiger partial charge in [-0.25, -0.2) is 0 Å². The van der Waals surface area contributed by atoms with Crippen LogP contribution in [0.1, 0.15) is 55.1 Å². The van der Waals surface area contributed by atoms with Crippen LogP contribution in [0.2, 0.25) is 0 Å². The summed E-state index contributed by atoms with van der Waals surface area (Å²) >= 11 is 0. The maximum Gasteiger partial charge on any atom is 0.269 e. The number of benzene rings is 1. The Bertz CT molecular complexity index is 686. The average Bonchev–Trinajstić information content (AvgIpc) is 3.34. The Balaban J connectivity index is 1.28. The van der Waals surface area contributed by atoms with Gasteiger partial charge >= 0.3 is 0 Å². The van der Waals surface area contributed by atoms with Crippen LogP contribution in [0.5, 0.6) is 5.75 Å². The van der Waals surface area contributed by atoms with E-state index in [-0.39, 0.29) is 18.1 Å². The summed E-state index contributed by atoms with van der Waals surface area (Å²) < 4.78 is 7.89. The lowest BCUT2D eigenvalue weighted by atomic mass is 9.93. The molecule has 1 heterocycles. The third-order valence-corrected chi connectivity index (χ3v) is 4.85. The van der Waals surface area contributed by atoms with E-state index >= 15 is 0 Å². The largest absolute Gasteiger partial charge is 0.490 e. The Kier molecular flexibility index (Phi) is 4.24. The van der Waals surface area contributed by atoms with E-state index in [4.69, 9.17) is 4.74 Å². The van der Waals surface area contributed by atoms with Crippen LogP contribution in [0.3, 0.4) is 0 Å². The summed E-state index contributed by atoms with van der Waals surface area (Å²) in [6.45, 7) is 0. The molecule has 126 valence electrons. The zero-order valence-electron chi connectivity index (χ0n) is 13.7. The van der Waals surface area contributed by atoms with Crippen LogP contribution in [0.15, 0.2) is 42.6 Å². The number of nitrogens with zero attached hydrogens (tertiary/aromatic N) is 2. The molecule has 2 aromatic rings. The number of ether oxygens (including phenoxy) is 1. The Hall–Kier alpha value is -2.30. The molecule has 1 amide bonds. The van der Waals surface area contributed by atoms with Gasteiger partial charge in [-0.1, -0.05) is 18.2 Å². The first-order chi connectivity index (χ1) is 11.8. The number of rotatable bonds is 5. The average molecular weight is 325 g/mol. The Morgan fingerprint density at radius 2 is 1.79 bits per heavy atom. The van der Waals surface area contributed by atoms with Crippen LogP contribution in [0.4, 0.5) is 0 Å². The van der Waals surface area contributed by atoms with Gasteiger partial charge in [0.2, 0.25) is 0 Å². The Morgan fingerprint density at radius 3 is 2.50 bits per heavy atom. The molecule has 4 rings (SSSR count). The predicted octanol–water partition coefficient (Wildman–Crippen LogP) is 3.34. The molecule has 0 spiro atoms. The second-order valence-electron chi connectivity index (χ2n) is 6.77. The van der Waals surface area contributed by atoms with Crippen molar-refractivity contribution in [3.05, 3.63) is 48.3 Å². The maximum absolute atomic E-state index is 12.5. The summed E-state index contributed by atoms with van der Waals surface area (Å²) in [5, 5.41) is 7.46. The molecule has 0 radical (unpaired) electrons. The molecular formula is C19H23N3O2. The monoisotopic (exact) mass is 325 g/mol. The first-order valence-electron chi connectivity index (χ1n) is 8.85. The first-order valence-corrected chi connectivity index (χ1v) is 8.85. The van der Waals surface area contributed by atoms with Gasteiger partial charge in [0.25, 0.3) is 5.91 Å². The minimum absolute atomic E-state index is 0.00632. The fraction of sp³-hybridized carbons (Fsp3) is 0.474. The van der Waals surface area contributed by atoms with Gasteiger partial charge in [0, 0.05) is 12.2 Å². The molecule has 0 saturated heterocycles. The van der Waals surface area contributed by atoms with Gasteiger partial charge in [-0.3, -0.25) is 9.48 Å². The highest BCUT2D eigenvalue weighted by Gasteiger charge is 2.29. The normalized spacial score (nSPS) is 23.7. The van der Waals surface area contributed by atoms with E-state index in [0.29, 0.717) is 11.7 Å². The molecule has 2 aliphatic carbocycles. The van der Waals surface area contributed by atoms with Crippen molar-refractivity contribution < 1.29 is 9.53 Å². The third-order valence-electron chi connectivity index (χ3n) is 4.85. The molecule has 2 saturated carbocycles. The van der Waals surface area contributed by atoms with E-state index in [1.807, 2.05) is 41.1 Å².